The van der Waals surface area contributed by atoms with Crippen molar-refractivity contribution in [2.75, 3.05) is 13.1 Å². The molecule has 0 aromatic rings. The summed E-state index contributed by atoms with van der Waals surface area (Å²) in [5.41, 5.74) is 3.53. The van der Waals surface area contributed by atoms with E-state index in [0.29, 0.717) is 0 Å². The van der Waals surface area contributed by atoms with Gasteiger partial charge in [-0.1, -0.05) is 20.3 Å². The van der Waals surface area contributed by atoms with Gasteiger partial charge in [0.1, 0.15) is 0 Å². The van der Waals surface area contributed by atoms with Crippen LogP contribution in [0.25, 0.3) is 0 Å². The fourth-order valence-electron chi connectivity index (χ4n) is 1.70. The van der Waals surface area contributed by atoms with Gasteiger partial charge >= 0.3 is 0 Å². The molecule has 0 spiro atoms. The van der Waals surface area contributed by atoms with Crippen LogP contribution in [0.3, 0.4) is 0 Å². The average molecular weight is 156 g/mol. The third-order valence-corrected chi connectivity index (χ3v) is 2.24. The van der Waals surface area contributed by atoms with E-state index in [-0.39, 0.29) is 0 Å². The summed E-state index contributed by atoms with van der Waals surface area (Å²) < 4.78 is 0. The zero-order valence-corrected chi connectivity index (χ0v) is 7.77. The minimum absolute atomic E-state index is 0.770. The Morgan fingerprint density at radius 1 is 1.36 bits per heavy atom. The molecule has 0 aliphatic carbocycles. The second-order valence-electron chi connectivity index (χ2n) is 3.39. The second kappa shape index (κ2) is 4.73. The molecule has 2 nitrogen and oxygen atoms in total. The maximum atomic E-state index is 3.53. The van der Waals surface area contributed by atoms with Gasteiger partial charge in [0, 0.05) is 19.1 Å². The van der Waals surface area contributed by atoms with Crippen molar-refractivity contribution in [2.24, 2.45) is 0 Å². The summed E-state index contributed by atoms with van der Waals surface area (Å²) in [6, 6.07) is 0.770. The first kappa shape index (κ1) is 9.01. The zero-order valence-electron chi connectivity index (χ0n) is 7.77. The van der Waals surface area contributed by atoms with Crippen molar-refractivity contribution in [1.29, 1.82) is 0 Å². The Balaban J connectivity index is 2.12. The standard InChI is InChI=1S/C9H20N2/c1-3-5-9-6-8-11(10-9)7-4-2/h9-10H,3-8H2,1-2H3. The van der Waals surface area contributed by atoms with Gasteiger partial charge < -0.3 is 0 Å². The molecule has 1 saturated heterocycles. The first-order valence-corrected chi connectivity index (χ1v) is 4.88. The van der Waals surface area contributed by atoms with Crippen molar-refractivity contribution >= 4 is 0 Å². The van der Waals surface area contributed by atoms with E-state index < -0.39 is 0 Å². The summed E-state index contributed by atoms with van der Waals surface area (Å²) in [6.07, 6.45) is 5.23. The Hall–Kier alpha value is -0.0800. The van der Waals surface area contributed by atoms with Gasteiger partial charge in [0.05, 0.1) is 0 Å². The van der Waals surface area contributed by atoms with Crippen LogP contribution in [0.15, 0.2) is 0 Å². The molecular formula is C9H20N2. The number of nitrogens with zero attached hydrogens (tertiary/aromatic N) is 1. The van der Waals surface area contributed by atoms with Gasteiger partial charge in [-0.15, -0.1) is 0 Å². The van der Waals surface area contributed by atoms with E-state index in [9.17, 15) is 0 Å². The molecule has 0 radical (unpaired) electrons. The van der Waals surface area contributed by atoms with E-state index >= 15 is 0 Å². The van der Waals surface area contributed by atoms with Crippen LogP contribution < -0.4 is 5.43 Å². The topological polar surface area (TPSA) is 15.3 Å². The number of nitrogens with one attached hydrogen (secondary N) is 1. The summed E-state index contributed by atoms with van der Waals surface area (Å²) in [6.45, 7) is 6.94. The van der Waals surface area contributed by atoms with E-state index in [2.05, 4.69) is 24.3 Å². The predicted molar refractivity (Wildman–Crippen MR) is 48.3 cm³/mol. The summed E-state index contributed by atoms with van der Waals surface area (Å²) in [4.78, 5) is 0. The lowest BCUT2D eigenvalue weighted by molar-refractivity contribution is 0.232. The lowest BCUT2D eigenvalue weighted by Crippen LogP contribution is -2.35. The molecule has 0 bridgehead atoms. The van der Waals surface area contributed by atoms with Crippen molar-refractivity contribution in [3.05, 3.63) is 0 Å². The van der Waals surface area contributed by atoms with Crippen molar-refractivity contribution < 1.29 is 0 Å². The lowest BCUT2D eigenvalue weighted by atomic mass is 10.1. The second-order valence-corrected chi connectivity index (χ2v) is 3.39. The molecule has 0 amide bonds. The maximum Gasteiger partial charge on any atom is 0.0227 e. The van der Waals surface area contributed by atoms with Gasteiger partial charge in [-0.3, -0.25) is 5.43 Å². The van der Waals surface area contributed by atoms with E-state index in [1.54, 1.807) is 0 Å². The van der Waals surface area contributed by atoms with Gasteiger partial charge in [0.2, 0.25) is 0 Å². The van der Waals surface area contributed by atoms with Crippen LogP contribution in [-0.2, 0) is 0 Å². The summed E-state index contributed by atoms with van der Waals surface area (Å²) in [5, 5.41) is 2.36. The van der Waals surface area contributed by atoms with E-state index in [0.717, 1.165) is 6.04 Å². The smallest absolute Gasteiger partial charge is 0.0227 e. The summed E-state index contributed by atoms with van der Waals surface area (Å²) in [5.74, 6) is 0. The van der Waals surface area contributed by atoms with Crippen LogP contribution in [0.1, 0.15) is 39.5 Å². The molecule has 11 heavy (non-hydrogen) atoms. The summed E-state index contributed by atoms with van der Waals surface area (Å²) >= 11 is 0. The molecule has 1 aliphatic heterocycles. The molecule has 1 unspecified atom stereocenters. The molecule has 1 aliphatic rings. The average Bonchev–Trinajstić information content (AvgIpc) is 2.38. The monoisotopic (exact) mass is 156 g/mol. The first-order valence-electron chi connectivity index (χ1n) is 4.88. The molecule has 0 aromatic carbocycles. The summed E-state index contributed by atoms with van der Waals surface area (Å²) in [7, 11) is 0. The molecule has 1 rings (SSSR count). The number of hydrogen-bond acceptors (Lipinski definition) is 2. The predicted octanol–water partition coefficient (Wildman–Crippen LogP) is 1.78. The number of hydrazine groups is 1. The molecule has 0 saturated carbocycles. The highest BCUT2D eigenvalue weighted by Crippen LogP contribution is 2.10. The minimum atomic E-state index is 0.770. The van der Waals surface area contributed by atoms with Crippen LogP contribution >= 0.6 is 0 Å². The normalized spacial score (nSPS) is 26.2. The van der Waals surface area contributed by atoms with Crippen molar-refractivity contribution in [2.45, 2.75) is 45.6 Å². The molecular weight excluding hydrogens is 136 g/mol. The maximum absolute atomic E-state index is 3.53. The van der Waals surface area contributed by atoms with Crippen molar-refractivity contribution in [1.82, 2.24) is 10.4 Å². The lowest BCUT2D eigenvalue weighted by Gasteiger charge is -2.16. The SMILES string of the molecule is CCCC1CCN(CCC)N1. The van der Waals surface area contributed by atoms with E-state index in [1.807, 2.05) is 0 Å². The Bertz CT molecular complexity index is 91.7. The van der Waals surface area contributed by atoms with Gasteiger partial charge in [-0.05, 0) is 19.3 Å². The molecule has 1 heterocycles. The third kappa shape index (κ3) is 2.80. The van der Waals surface area contributed by atoms with Crippen molar-refractivity contribution in [3.8, 4) is 0 Å². The zero-order chi connectivity index (χ0) is 8.10. The van der Waals surface area contributed by atoms with Gasteiger partial charge in [-0.25, -0.2) is 5.01 Å². The Kier molecular flexibility index (Phi) is 3.87. The molecule has 66 valence electrons. The van der Waals surface area contributed by atoms with Crippen molar-refractivity contribution in [3.63, 3.8) is 0 Å². The Morgan fingerprint density at radius 2 is 2.18 bits per heavy atom. The largest absolute Gasteiger partial charge is 0.252 e. The van der Waals surface area contributed by atoms with E-state index in [4.69, 9.17) is 0 Å². The number of hydrogen-bond donors (Lipinski definition) is 1. The van der Waals surface area contributed by atoms with Crippen LogP contribution in [-0.4, -0.2) is 24.1 Å². The quantitative estimate of drug-likeness (QED) is 0.667. The Labute approximate surface area is 69.9 Å². The third-order valence-electron chi connectivity index (χ3n) is 2.24. The van der Waals surface area contributed by atoms with Crippen LogP contribution in [0.2, 0.25) is 0 Å². The Morgan fingerprint density at radius 3 is 2.82 bits per heavy atom. The van der Waals surface area contributed by atoms with E-state index in [1.165, 1.54) is 38.8 Å². The highest BCUT2D eigenvalue weighted by atomic mass is 15.5. The van der Waals surface area contributed by atoms with Crippen LogP contribution in [0.5, 0.6) is 0 Å². The molecule has 2 heteroatoms. The first-order chi connectivity index (χ1) is 5.36. The highest BCUT2D eigenvalue weighted by Gasteiger charge is 2.19. The minimum Gasteiger partial charge on any atom is -0.252 e. The highest BCUT2D eigenvalue weighted by molar-refractivity contribution is 4.73. The number of rotatable bonds is 4. The van der Waals surface area contributed by atoms with Gasteiger partial charge in [0.25, 0.3) is 0 Å². The van der Waals surface area contributed by atoms with Crippen LogP contribution in [0.4, 0.5) is 0 Å². The fourth-order valence-corrected chi connectivity index (χ4v) is 1.70. The van der Waals surface area contributed by atoms with Gasteiger partial charge in [0.15, 0.2) is 0 Å². The van der Waals surface area contributed by atoms with Gasteiger partial charge in [-0.2, -0.15) is 0 Å². The van der Waals surface area contributed by atoms with Crippen LogP contribution in [0, 0.1) is 0 Å². The molecule has 1 N–H and O–H groups in total. The molecule has 1 atom stereocenters. The fraction of sp³-hybridized carbons (Fsp3) is 1.00. The molecule has 1 fully saturated rings. The molecule has 0 aromatic heterocycles.